The number of nitrogens with one attached hydrogen (secondary N) is 1. The second-order valence-electron chi connectivity index (χ2n) is 5.23. The van der Waals surface area contributed by atoms with Gasteiger partial charge in [0.15, 0.2) is 5.82 Å². The highest BCUT2D eigenvalue weighted by atomic mass is 35.5. The number of rotatable bonds is 6. The molecule has 0 saturated heterocycles. The fourth-order valence-corrected chi connectivity index (χ4v) is 1.86. The number of carbonyl (C=O) groups is 1. The van der Waals surface area contributed by atoms with Gasteiger partial charge < -0.3 is 16.0 Å². The van der Waals surface area contributed by atoms with Gasteiger partial charge >= 0.3 is 0 Å². The van der Waals surface area contributed by atoms with Crippen molar-refractivity contribution in [1.29, 1.82) is 0 Å². The molecule has 0 aliphatic rings. The standard InChI is InChI=1S/C15H21N5O.2ClH/c1-19(2)9-10-20-8-7-14(18-20)17-15(21)11-12-3-5-13(16)6-4-12;;/h3-8H,9-11,16H2,1-2H3,(H,17,18,21);2*1H. The van der Waals surface area contributed by atoms with Gasteiger partial charge in [0.1, 0.15) is 0 Å². The second kappa shape index (κ2) is 10.1. The van der Waals surface area contributed by atoms with Crippen molar-refractivity contribution in [2.75, 3.05) is 31.7 Å². The molecule has 1 aromatic carbocycles. The molecule has 1 amide bonds. The molecule has 8 heteroatoms. The summed E-state index contributed by atoms with van der Waals surface area (Å²) >= 11 is 0. The zero-order chi connectivity index (χ0) is 15.2. The molecule has 6 nitrogen and oxygen atoms in total. The number of benzene rings is 1. The van der Waals surface area contributed by atoms with Gasteiger partial charge in [-0.2, -0.15) is 5.10 Å². The summed E-state index contributed by atoms with van der Waals surface area (Å²) in [4.78, 5) is 14.0. The molecule has 0 aliphatic carbocycles. The number of nitrogens with two attached hydrogens (primary N) is 1. The molecule has 3 N–H and O–H groups in total. The molecule has 128 valence electrons. The molecule has 0 saturated carbocycles. The molecule has 23 heavy (non-hydrogen) atoms. The van der Waals surface area contributed by atoms with E-state index in [1.165, 1.54) is 0 Å². The topological polar surface area (TPSA) is 76.2 Å². The molecule has 2 rings (SSSR count). The Morgan fingerprint density at radius 2 is 1.87 bits per heavy atom. The zero-order valence-electron chi connectivity index (χ0n) is 13.2. The van der Waals surface area contributed by atoms with Crippen LogP contribution in [0.4, 0.5) is 11.5 Å². The molecule has 0 radical (unpaired) electrons. The number of halogens is 2. The Balaban J connectivity index is 0.00000242. The van der Waals surface area contributed by atoms with Crippen molar-refractivity contribution in [3.63, 3.8) is 0 Å². The predicted molar refractivity (Wildman–Crippen MR) is 98.5 cm³/mol. The normalized spacial score (nSPS) is 9.87. The Morgan fingerprint density at radius 1 is 1.22 bits per heavy atom. The summed E-state index contributed by atoms with van der Waals surface area (Å²) in [6.45, 7) is 1.70. The third-order valence-corrected chi connectivity index (χ3v) is 3.03. The van der Waals surface area contributed by atoms with Gasteiger partial charge in [0.2, 0.25) is 5.91 Å². The maximum Gasteiger partial charge on any atom is 0.229 e. The molecular formula is C15H23Cl2N5O. The van der Waals surface area contributed by atoms with Gasteiger partial charge in [-0.3, -0.25) is 9.48 Å². The number of likely N-dealkylation sites (N-methyl/N-ethyl adjacent to an activating group) is 1. The third kappa shape index (κ3) is 7.36. The van der Waals surface area contributed by atoms with Crippen LogP contribution in [0.15, 0.2) is 36.5 Å². The summed E-state index contributed by atoms with van der Waals surface area (Å²) < 4.78 is 1.82. The maximum atomic E-state index is 11.9. The first-order valence-corrected chi connectivity index (χ1v) is 6.85. The fourth-order valence-electron chi connectivity index (χ4n) is 1.86. The number of hydrogen-bond donors (Lipinski definition) is 2. The molecule has 0 aliphatic heterocycles. The fraction of sp³-hybridized carbons (Fsp3) is 0.333. The first-order chi connectivity index (χ1) is 10.0. The third-order valence-electron chi connectivity index (χ3n) is 3.03. The number of anilines is 2. The smallest absolute Gasteiger partial charge is 0.229 e. The zero-order valence-corrected chi connectivity index (χ0v) is 14.9. The van der Waals surface area contributed by atoms with Crippen LogP contribution < -0.4 is 11.1 Å². The maximum absolute atomic E-state index is 11.9. The van der Waals surface area contributed by atoms with Gasteiger partial charge in [-0.1, -0.05) is 12.1 Å². The van der Waals surface area contributed by atoms with E-state index in [0.29, 0.717) is 17.9 Å². The minimum atomic E-state index is -0.0855. The highest BCUT2D eigenvalue weighted by Gasteiger charge is 2.06. The van der Waals surface area contributed by atoms with Gasteiger partial charge in [-0.25, -0.2) is 0 Å². The van der Waals surface area contributed by atoms with Crippen LogP contribution in [-0.2, 0) is 17.8 Å². The lowest BCUT2D eigenvalue weighted by Crippen LogP contribution is -2.19. The molecule has 0 bridgehead atoms. The second-order valence-corrected chi connectivity index (χ2v) is 5.23. The van der Waals surface area contributed by atoms with Gasteiger partial charge in [-0.05, 0) is 31.8 Å². The van der Waals surface area contributed by atoms with Crippen LogP contribution in [0.3, 0.4) is 0 Å². The van der Waals surface area contributed by atoms with Crippen molar-refractivity contribution in [3.8, 4) is 0 Å². The molecule has 1 aromatic heterocycles. The Morgan fingerprint density at radius 3 is 2.48 bits per heavy atom. The molecule has 1 heterocycles. The SMILES string of the molecule is CN(C)CCn1ccc(NC(=O)Cc2ccc(N)cc2)n1.Cl.Cl. The van der Waals surface area contributed by atoms with E-state index in [1.807, 2.05) is 37.1 Å². The van der Waals surface area contributed by atoms with Crippen molar-refractivity contribution in [2.45, 2.75) is 13.0 Å². The molecule has 0 fully saturated rings. The molecule has 2 aromatic rings. The first-order valence-electron chi connectivity index (χ1n) is 6.85. The lowest BCUT2D eigenvalue weighted by Gasteiger charge is -2.08. The van der Waals surface area contributed by atoms with Crippen molar-refractivity contribution in [1.82, 2.24) is 14.7 Å². The first kappa shape index (κ1) is 21.2. The van der Waals surface area contributed by atoms with E-state index in [1.54, 1.807) is 18.2 Å². The van der Waals surface area contributed by atoms with Crippen LogP contribution in [0.1, 0.15) is 5.56 Å². The van der Waals surface area contributed by atoms with E-state index in [0.717, 1.165) is 18.7 Å². The van der Waals surface area contributed by atoms with Gasteiger partial charge in [-0.15, -0.1) is 24.8 Å². The summed E-state index contributed by atoms with van der Waals surface area (Å²) in [7, 11) is 4.03. The van der Waals surface area contributed by atoms with Crippen molar-refractivity contribution in [3.05, 3.63) is 42.1 Å². The van der Waals surface area contributed by atoms with E-state index < -0.39 is 0 Å². The minimum absolute atomic E-state index is 0. The summed E-state index contributed by atoms with van der Waals surface area (Å²) in [6, 6.07) is 9.09. The highest BCUT2D eigenvalue weighted by molar-refractivity contribution is 5.91. The van der Waals surface area contributed by atoms with Crippen LogP contribution in [0, 0.1) is 0 Å². The van der Waals surface area contributed by atoms with Crippen LogP contribution in [0.25, 0.3) is 0 Å². The molecule has 0 unspecified atom stereocenters. The number of carbonyl (C=O) groups excluding carboxylic acids is 1. The molecule has 0 atom stereocenters. The number of hydrogen-bond acceptors (Lipinski definition) is 4. The van der Waals surface area contributed by atoms with Crippen molar-refractivity contribution < 1.29 is 4.79 Å². The summed E-state index contributed by atoms with van der Waals surface area (Å²) in [5, 5.41) is 7.11. The van der Waals surface area contributed by atoms with Crippen LogP contribution in [0.5, 0.6) is 0 Å². The summed E-state index contributed by atoms with van der Waals surface area (Å²) in [6.07, 6.45) is 2.17. The van der Waals surface area contributed by atoms with Crippen LogP contribution in [0.2, 0.25) is 0 Å². The lowest BCUT2D eigenvalue weighted by molar-refractivity contribution is -0.115. The predicted octanol–water partition coefficient (Wildman–Crippen LogP) is 2.05. The van der Waals surface area contributed by atoms with Gasteiger partial charge in [0, 0.05) is 24.5 Å². The molecular weight excluding hydrogens is 337 g/mol. The average molecular weight is 360 g/mol. The van der Waals surface area contributed by atoms with Gasteiger partial charge in [0.25, 0.3) is 0 Å². The van der Waals surface area contributed by atoms with E-state index in [4.69, 9.17) is 5.73 Å². The monoisotopic (exact) mass is 359 g/mol. The van der Waals surface area contributed by atoms with E-state index in [9.17, 15) is 4.79 Å². The van der Waals surface area contributed by atoms with Crippen molar-refractivity contribution in [2.24, 2.45) is 0 Å². The minimum Gasteiger partial charge on any atom is -0.399 e. The Bertz CT molecular complexity index is 598. The number of aromatic nitrogens is 2. The quantitative estimate of drug-likeness (QED) is 0.773. The number of nitrogen functional groups attached to an aromatic ring is 1. The van der Waals surface area contributed by atoms with Crippen LogP contribution in [-0.4, -0.2) is 41.2 Å². The number of amides is 1. The van der Waals surface area contributed by atoms with Gasteiger partial charge in [0.05, 0.1) is 13.0 Å². The van der Waals surface area contributed by atoms with Crippen LogP contribution >= 0.6 is 24.8 Å². The number of nitrogens with zero attached hydrogens (tertiary/aromatic N) is 3. The highest BCUT2D eigenvalue weighted by Crippen LogP contribution is 2.08. The Hall–Kier alpha value is -1.76. The molecule has 0 spiro atoms. The van der Waals surface area contributed by atoms with E-state index >= 15 is 0 Å². The Kier molecular flexibility index (Phi) is 9.32. The van der Waals surface area contributed by atoms with E-state index in [2.05, 4.69) is 15.3 Å². The van der Waals surface area contributed by atoms with E-state index in [-0.39, 0.29) is 30.7 Å². The largest absolute Gasteiger partial charge is 0.399 e. The lowest BCUT2D eigenvalue weighted by atomic mass is 10.1. The summed E-state index contributed by atoms with van der Waals surface area (Å²) in [5.41, 5.74) is 7.23. The summed E-state index contributed by atoms with van der Waals surface area (Å²) in [5.74, 6) is 0.492. The average Bonchev–Trinajstić information content (AvgIpc) is 2.86. The van der Waals surface area contributed by atoms with Crippen molar-refractivity contribution >= 4 is 42.2 Å². The Labute approximate surface area is 148 Å².